The van der Waals surface area contributed by atoms with Crippen LogP contribution in [0.4, 0.5) is 5.69 Å². The van der Waals surface area contributed by atoms with E-state index < -0.39 is 5.97 Å². The van der Waals surface area contributed by atoms with Crippen LogP contribution >= 0.6 is 0 Å². The van der Waals surface area contributed by atoms with Gasteiger partial charge in [0.25, 0.3) is 0 Å². The number of rotatable bonds is 4. The zero-order valence-electron chi connectivity index (χ0n) is 9.34. The minimum atomic E-state index is -1.06. The fourth-order valence-corrected chi connectivity index (χ4v) is 1.25. The van der Waals surface area contributed by atoms with Crippen molar-refractivity contribution < 1.29 is 19.4 Å². The SMILES string of the molecule is COC(=O)CC=Cc1ccc(C(=O)O)c(N)c1. The molecule has 0 heterocycles. The first-order valence-corrected chi connectivity index (χ1v) is 4.90. The Morgan fingerprint density at radius 1 is 1.47 bits per heavy atom. The van der Waals surface area contributed by atoms with Crippen LogP contribution in [0.5, 0.6) is 0 Å². The van der Waals surface area contributed by atoms with Crippen molar-refractivity contribution in [3.63, 3.8) is 0 Å². The van der Waals surface area contributed by atoms with E-state index >= 15 is 0 Å². The minimum absolute atomic E-state index is 0.0649. The molecule has 17 heavy (non-hydrogen) atoms. The Bertz CT molecular complexity index is 466. The zero-order valence-corrected chi connectivity index (χ0v) is 9.34. The molecule has 1 aromatic rings. The Labute approximate surface area is 98.5 Å². The Hall–Kier alpha value is -2.30. The average Bonchev–Trinajstić information content (AvgIpc) is 2.28. The van der Waals surface area contributed by atoms with Gasteiger partial charge in [0.2, 0.25) is 0 Å². The van der Waals surface area contributed by atoms with Gasteiger partial charge in [-0.1, -0.05) is 18.2 Å². The third-order valence-corrected chi connectivity index (χ3v) is 2.13. The molecule has 0 aliphatic carbocycles. The summed E-state index contributed by atoms with van der Waals surface area (Å²) in [5.74, 6) is -1.40. The summed E-state index contributed by atoms with van der Waals surface area (Å²) in [6.07, 6.45) is 3.47. The van der Waals surface area contributed by atoms with E-state index in [0.29, 0.717) is 0 Å². The van der Waals surface area contributed by atoms with Crippen LogP contribution in [0.2, 0.25) is 0 Å². The molecule has 3 N–H and O–H groups in total. The van der Waals surface area contributed by atoms with Crippen LogP contribution in [-0.4, -0.2) is 24.2 Å². The number of methoxy groups -OCH3 is 1. The van der Waals surface area contributed by atoms with Crippen LogP contribution in [0.15, 0.2) is 24.3 Å². The minimum Gasteiger partial charge on any atom is -0.478 e. The Balaban J connectivity index is 2.77. The third-order valence-electron chi connectivity index (χ3n) is 2.13. The second-order valence-electron chi connectivity index (χ2n) is 3.33. The number of nitrogens with two attached hydrogens (primary N) is 1. The lowest BCUT2D eigenvalue weighted by atomic mass is 10.1. The molecule has 0 aromatic heterocycles. The number of carboxylic acids is 1. The van der Waals surface area contributed by atoms with Crippen LogP contribution in [0.3, 0.4) is 0 Å². The fourth-order valence-electron chi connectivity index (χ4n) is 1.25. The van der Waals surface area contributed by atoms with Crippen LogP contribution in [0.1, 0.15) is 22.3 Å². The predicted molar refractivity (Wildman–Crippen MR) is 63.5 cm³/mol. The molecule has 0 radical (unpaired) electrons. The summed E-state index contributed by atoms with van der Waals surface area (Å²) in [7, 11) is 1.32. The van der Waals surface area contributed by atoms with Gasteiger partial charge in [-0.25, -0.2) is 4.79 Å². The Kier molecular flexibility index (Phi) is 4.28. The van der Waals surface area contributed by atoms with Gasteiger partial charge in [0.15, 0.2) is 0 Å². The highest BCUT2D eigenvalue weighted by atomic mass is 16.5. The number of carbonyl (C=O) groups is 2. The molecule has 0 unspecified atom stereocenters. The number of aromatic carboxylic acids is 1. The quantitative estimate of drug-likeness (QED) is 0.610. The second-order valence-corrected chi connectivity index (χ2v) is 3.33. The Morgan fingerprint density at radius 3 is 2.71 bits per heavy atom. The maximum absolute atomic E-state index is 10.8. The van der Waals surface area contributed by atoms with Gasteiger partial charge in [-0.15, -0.1) is 0 Å². The topological polar surface area (TPSA) is 89.6 Å². The zero-order chi connectivity index (χ0) is 12.8. The van der Waals surface area contributed by atoms with Crippen molar-refractivity contribution in [2.45, 2.75) is 6.42 Å². The normalized spacial score (nSPS) is 10.4. The molecule has 0 aliphatic heterocycles. The molecule has 0 atom stereocenters. The number of benzene rings is 1. The molecular formula is C12H13NO4. The van der Waals surface area contributed by atoms with Crippen molar-refractivity contribution in [1.29, 1.82) is 0 Å². The maximum atomic E-state index is 10.8. The van der Waals surface area contributed by atoms with Crippen molar-refractivity contribution in [3.05, 3.63) is 35.4 Å². The van der Waals surface area contributed by atoms with E-state index in [9.17, 15) is 9.59 Å². The van der Waals surface area contributed by atoms with Crippen molar-refractivity contribution in [2.75, 3.05) is 12.8 Å². The van der Waals surface area contributed by atoms with Gasteiger partial charge in [0.05, 0.1) is 19.1 Å². The molecule has 90 valence electrons. The lowest BCUT2D eigenvalue weighted by Gasteiger charge is -2.01. The number of anilines is 1. The molecule has 0 amide bonds. The van der Waals surface area contributed by atoms with Crippen LogP contribution in [0, 0.1) is 0 Å². The molecule has 0 spiro atoms. The van der Waals surface area contributed by atoms with E-state index in [4.69, 9.17) is 10.8 Å². The van der Waals surface area contributed by atoms with Gasteiger partial charge in [0.1, 0.15) is 0 Å². The number of hydrogen-bond donors (Lipinski definition) is 2. The van der Waals surface area contributed by atoms with E-state index in [2.05, 4.69) is 4.74 Å². The maximum Gasteiger partial charge on any atom is 0.337 e. The number of hydrogen-bond acceptors (Lipinski definition) is 4. The average molecular weight is 235 g/mol. The molecule has 0 saturated carbocycles. The fraction of sp³-hybridized carbons (Fsp3) is 0.167. The van der Waals surface area contributed by atoms with Crippen molar-refractivity contribution in [3.8, 4) is 0 Å². The van der Waals surface area contributed by atoms with Gasteiger partial charge in [-0.2, -0.15) is 0 Å². The number of nitrogen functional groups attached to an aromatic ring is 1. The Morgan fingerprint density at radius 2 is 2.18 bits per heavy atom. The van der Waals surface area contributed by atoms with Gasteiger partial charge in [-0.05, 0) is 17.7 Å². The summed E-state index contributed by atoms with van der Waals surface area (Å²) < 4.78 is 4.47. The molecule has 0 saturated heterocycles. The highest BCUT2D eigenvalue weighted by Crippen LogP contribution is 2.15. The van der Waals surface area contributed by atoms with Gasteiger partial charge < -0.3 is 15.6 Å². The standard InChI is InChI=1S/C12H13NO4/c1-17-11(14)4-2-3-8-5-6-9(12(15)16)10(13)7-8/h2-3,5-7H,4,13H2,1H3,(H,15,16). The molecule has 0 fully saturated rings. The first-order chi connectivity index (χ1) is 8.04. The first kappa shape index (κ1) is 12.8. The van der Waals surface area contributed by atoms with Gasteiger partial charge in [-0.3, -0.25) is 4.79 Å². The van der Waals surface area contributed by atoms with Gasteiger partial charge in [0, 0.05) is 5.69 Å². The number of ether oxygens (including phenoxy) is 1. The van der Waals surface area contributed by atoms with Gasteiger partial charge >= 0.3 is 11.9 Å². The highest BCUT2D eigenvalue weighted by molar-refractivity contribution is 5.94. The number of carboxylic acid groups (broad SMARTS) is 1. The van der Waals surface area contributed by atoms with E-state index in [1.165, 1.54) is 19.2 Å². The van der Waals surface area contributed by atoms with Crippen molar-refractivity contribution in [2.24, 2.45) is 0 Å². The first-order valence-electron chi connectivity index (χ1n) is 4.90. The van der Waals surface area contributed by atoms with Crippen LogP contribution in [-0.2, 0) is 9.53 Å². The monoisotopic (exact) mass is 235 g/mol. The largest absolute Gasteiger partial charge is 0.478 e. The summed E-state index contributed by atoms with van der Waals surface area (Å²) in [5, 5.41) is 8.78. The molecule has 1 rings (SSSR count). The summed E-state index contributed by atoms with van der Waals surface area (Å²) in [6, 6.07) is 4.58. The molecule has 5 nitrogen and oxygen atoms in total. The smallest absolute Gasteiger partial charge is 0.337 e. The summed E-state index contributed by atoms with van der Waals surface area (Å²) >= 11 is 0. The molecular weight excluding hydrogens is 222 g/mol. The second kappa shape index (κ2) is 5.69. The molecule has 0 bridgehead atoms. The number of esters is 1. The van der Waals surface area contributed by atoms with Crippen molar-refractivity contribution >= 4 is 23.7 Å². The molecule has 5 heteroatoms. The van der Waals surface area contributed by atoms with Crippen LogP contribution < -0.4 is 5.73 Å². The predicted octanol–water partition coefficient (Wildman–Crippen LogP) is 1.54. The van der Waals surface area contributed by atoms with Crippen molar-refractivity contribution in [1.82, 2.24) is 0 Å². The van der Waals surface area contributed by atoms with E-state index in [1.54, 1.807) is 18.2 Å². The highest BCUT2D eigenvalue weighted by Gasteiger charge is 2.06. The molecule has 1 aromatic carbocycles. The van der Waals surface area contributed by atoms with Crippen LogP contribution in [0.25, 0.3) is 6.08 Å². The molecule has 0 aliphatic rings. The summed E-state index contributed by atoms with van der Waals surface area (Å²) in [6.45, 7) is 0. The van der Waals surface area contributed by atoms with E-state index in [-0.39, 0.29) is 23.6 Å². The van der Waals surface area contributed by atoms with E-state index in [0.717, 1.165) is 5.56 Å². The lowest BCUT2D eigenvalue weighted by Crippen LogP contribution is -2.02. The van der Waals surface area contributed by atoms with E-state index in [1.807, 2.05) is 0 Å². The summed E-state index contributed by atoms with van der Waals surface area (Å²) in [5.41, 5.74) is 6.56. The summed E-state index contributed by atoms with van der Waals surface area (Å²) in [4.78, 5) is 21.6. The number of carbonyl (C=O) groups excluding carboxylic acids is 1. The third kappa shape index (κ3) is 3.64. The lowest BCUT2D eigenvalue weighted by molar-refractivity contribution is -0.139.